The maximum Gasteiger partial charge on any atom is 0.273 e. The van der Waals surface area contributed by atoms with Gasteiger partial charge >= 0.3 is 0 Å². The highest BCUT2D eigenvalue weighted by Gasteiger charge is 2.20. The quantitative estimate of drug-likeness (QED) is 0.310. The number of amides is 1. The van der Waals surface area contributed by atoms with Crippen molar-refractivity contribution in [3.63, 3.8) is 0 Å². The van der Waals surface area contributed by atoms with E-state index in [4.69, 9.17) is 25.8 Å². The van der Waals surface area contributed by atoms with Crippen molar-refractivity contribution in [1.29, 1.82) is 0 Å². The number of aromatic nitrogens is 5. The SMILES string of the molecule is Cc1cc(Cl)c(COc2cccc3c(-c4ncnn4C)cc(C)nc23)c([C@H](C)NC(=O)c2ccon2)c1. The van der Waals surface area contributed by atoms with Crippen LogP contribution in [-0.4, -0.2) is 30.8 Å². The molecule has 0 radical (unpaired) electrons. The second-order valence-corrected chi connectivity index (χ2v) is 9.26. The van der Waals surface area contributed by atoms with E-state index in [9.17, 15) is 4.79 Å². The van der Waals surface area contributed by atoms with Gasteiger partial charge in [-0.15, -0.1) is 0 Å². The van der Waals surface area contributed by atoms with Gasteiger partial charge in [-0.2, -0.15) is 5.10 Å². The van der Waals surface area contributed by atoms with Gasteiger partial charge in [-0.1, -0.05) is 35.0 Å². The maximum atomic E-state index is 12.6. The second-order valence-electron chi connectivity index (χ2n) is 8.85. The Labute approximate surface area is 218 Å². The summed E-state index contributed by atoms with van der Waals surface area (Å²) in [7, 11) is 1.85. The molecule has 1 N–H and O–H groups in total. The molecular weight excluding hydrogens is 492 g/mol. The average molecular weight is 517 g/mol. The van der Waals surface area contributed by atoms with Crippen molar-refractivity contribution >= 4 is 28.4 Å². The van der Waals surface area contributed by atoms with Crippen molar-refractivity contribution in [2.75, 3.05) is 0 Å². The van der Waals surface area contributed by atoms with Gasteiger partial charge in [-0.3, -0.25) is 4.79 Å². The maximum absolute atomic E-state index is 12.6. The van der Waals surface area contributed by atoms with Crippen molar-refractivity contribution in [1.82, 2.24) is 30.2 Å². The van der Waals surface area contributed by atoms with Gasteiger partial charge in [0, 0.05) is 40.3 Å². The molecule has 1 amide bonds. The standard InChI is InChI=1S/C27H25ClN6O3/c1-15-10-19(17(3)32-27(35)23-8-9-37-33-23)21(22(28)11-15)13-36-24-7-5-6-18-20(12-16(2)31-25(18)24)26-29-14-30-34(26)4/h5-12,14,17H,13H2,1-4H3,(H,32,35)/t17-/m0/s1. The molecule has 37 heavy (non-hydrogen) atoms. The molecule has 0 spiro atoms. The number of ether oxygens (including phenoxy) is 1. The third-order valence-electron chi connectivity index (χ3n) is 6.11. The summed E-state index contributed by atoms with van der Waals surface area (Å²) in [6, 6.07) is 12.8. The molecule has 0 aliphatic heterocycles. The number of para-hydroxylation sites is 1. The first-order chi connectivity index (χ1) is 17.8. The van der Waals surface area contributed by atoms with E-state index in [1.807, 2.05) is 64.2 Å². The molecular formula is C27H25ClN6O3. The van der Waals surface area contributed by atoms with Crippen LogP contribution in [0, 0.1) is 13.8 Å². The van der Waals surface area contributed by atoms with Crippen LogP contribution in [0.25, 0.3) is 22.3 Å². The van der Waals surface area contributed by atoms with E-state index in [-0.39, 0.29) is 24.2 Å². The Morgan fingerprint density at radius 2 is 2.05 bits per heavy atom. The zero-order valence-corrected chi connectivity index (χ0v) is 21.6. The molecule has 0 aliphatic rings. The molecule has 9 nitrogen and oxygen atoms in total. The summed E-state index contributed by atoms with van der Waals surface area (Å²) in [5.74, 6) is 1.02. The molecule has 0 saturated heterocycles. The normalized spacial score (nSPS) is 12.0. The molecule has 0 saturated carbocycles. The zero-order chi connectivity index (χ0) is 26.1. The van der Waals surface area contributed by atoms with Crippen LogP contribution in [0.15, 0.2) is 59.6 Å². The van der Waals surface area contributed by atoms with Crippen LogP contribution < -0.4 is 10.1 Å². The van der Waals surface area contributed by atoms with Gasteiger partial charge in [0.2, 0.25) is 0 Å². The summed E-state index contributed by atoms with van der Waals surface area (Å²) in [5.41, 5.74) is 5.29. The lowest BCUT2D eigenvalue weighted by atomic mass is 9.99. The first kappa shape index (κ1) is 24.5. The number of hydrogen-bond acceptors (Lipinski definition) is 7. The molecule has 0 bridgehead atoms. The number of halogens is 1. The van der Waals surface area contributed by atoms with Crippen LogP contribution in [-0.2, 0) is 13.7 Å². The number of rotatable bonds is 7. The topological polar surface area (TPSA) is 108 Å². The average Bonchev–Trinajstić information content (AvgIpc) is 3.55. The number of aryl methyl sites for hydroxylation is 3. The van der Waals surface area contributed by atoms with Crippen molar-refractivity contribution in [2.24, 2.45) is 7.05 Å². The Morgan fingerprint density at radius 1 is 1.22 bits per heavy atom. The van der Waals surface area contributed by atoms with Crippen LogP contribution in [0.3, 0.4) is 0 Å². The number of nitrogens with one attached hydrogen (secondary N) is 1. The number of fused-ring (bicyclic) bond motifs is 1. The minimum Gasteiger partial charge on any atom is -0.487 e. The molecule has 5 aromatic rings. The molecule has 0 unspecified atom stereocenters. The van der Waals surface area contributed by atoms with Crippen molar-refractivity contribution in [3.05, 3.63) is 88.2 Å². The molecule has 0 fully saturated rings. The summed E-state index contributed by atoms with van der Waals surface area (Å²) in [6.45, 7) is 5.97. The molecule has 0 aliphatic carbocycles. The van der Waals surface area contributed by atoms with Crippen molar-refractivity contribution in [2.45, 2.75) is 33.4 Å². The van der Waals surface area contributed by atoms with E-state index in [1.165, 1.54) is 18.7 Å². The van der Waals surface area contributed by atoms with Gasteiger partial charge in [0.1, 0.15) is 30.5 Å². The summed E-state index contributed by atoms with van der Waals surface area (Å²) in [4.78, 5) is 21.7. The van der Waals surface area contributed by atoms with E-state index in [0.29, 0.717) is 10.8 Å². The lowest BCUT2D eigenvalue weighted by Gasteiger charge is -2.20. The summed E-state index contributed by atoms with van der Waals surface area (Å²) < 4.78 is 12.8. The number of carbonyl (C=O) groups is 1. The highest BCUT2D eigenvalue weighted by Crippen LogP contribution is 2.34. The number of carbonyl (C=O) groups excluding carboxylic acids is 1. The molecule has 1 atom stereocenters. The monoisotopic (exact) mass is 516 g/mol. The highest BCUT2D eigenvalue weighted by molar-refractivity contribution is 6.31. The number of benzene rings is 2. The smallest absolute Gasteiger partial charge is 0.273 e. The van der Waals surface area contributed by atoms with Crippen LogP contribution in [0.5, 0.6) is 5.75 Å². The van der Waals surface area contributed by atoms with Gasteiger partial charge in [-0.25, -0.2) is 14.6 Å². The van der Waals surface area contributed by atoms with Crippen LogP contribution in [0.1, 0.15) is 45.8 Å². The molecule has 188 valence electrons. The van der Waals surface area contributed by atoms with Gasteiger partial charge in [0.15, 0.2) is 11.5 Å². The largest absolute Gasteiger partial charge is 0.487 e. The molecule has 3 heterocycles. The first-order valence-corrected chi connectivity index (χ1v) is 12.1. The fraction of sp³-hybridized carbons (Fsp3) is 0.222. The summed E-state index contributed by atoms with van der Waals surface area (Å²) >= 11 is 6.68. The van der Waals surface area contributed by atoms with Crippen LogP contribution >= 0.6 is 11.6 Å². The first-order valence-electron chi connectivity index (χ1n) is 11.7. The Hall–Kier alpha value is -4.24. The highest BCUT2D eigenvalue weighted by atomic mass is 35.5. The van der Waals surface area contributed by atoms with Crippen LogP contribution in [0.2, 0.25) is 5.02 Å². The van der Waals surface area contributed by atoms with Gasteiger partial charge in [0.25, 0.3) is 5.91 Å². The van der Waals surface area contributed by atoms with Crippen molar-refractivity contribution in [3.8, 4) is 17.1 Å². The third-order valence-corrected chi connectivity index (χ3v) is 6.45. The lowest BCUT2D eigenvalue weighted by molar-refractivity contribution is 0.0930. The minimum absolute atomic E-state index is 0.187. The third kappa shape index (κ3) is 4.90. The van der Waals surface area contributed by atoms with E-state index in [1.54, 1.807) is 4.68 Å². The Balaban J connectivity index is 1.48. The van der Waals surface area contributed by atoms with Gasteiger partial charge in [-0.05, 0) is 50.1 Å². The zero-order valence-electron chi connectivity index (χ0n) is 20.8. The second kappa shape index (κ2) is 10.0. The number of pyridine rings is 1. The number of hydrogen-bond donors (Lipinski definition) is 1. The summed E-state index contributed by atoms with van der Waals surface area (Å²) in [5, 5.41) is 12.3. The van der Waals surface area contributed by atoms with Gasteiger partial charge < -0.3 is 14.6 Å². The number of nitrogens with zero attached hydrogens (tertiary/aromatic N) is 5. The fourth-order valence-electron chi connectivity index (χ4n) is 4.36. The minimum atomic E-state index is -0.351. The van der Waals surface area contributed by atoms with Crippen LogP contribution in [0.4, 0.5) is 0 Å². The predicted octanol–water partition coefficient (Wildman–Crippen LogP) is 5.36. The van der Waals surface area contributed by atoms with E-state index in [2.05, 4.69) is 20.6 Å². The van der Waals surface area contributed by atoms with E-state index >= 15 is 0 Å². The molecule has 2 aromatic carbocycles. The van der Waals surface area contributed by atoms with Gasteiger partial charge in [0.05, 0.1) is 6.04 Å². The molecule has 3 aromatic heterocycles. The Bertz CT molecular complexity index is 1600. The summed E-state index contributed by atoms with van der Waals surface area (Å²) in [6.07, 6.45) is 2.89. The molecule has 5 rings (SSSR count). The van der Waals surface area contributed by atoms with E-state index in [0.717, 1.165) is 44.7 Å². The van der Waals surface area contributed by atoms with Crippen molar-refractivity contribution < 1.29 is 14.1 Å². The Morgan fingerprint density at radius 3 is 2.78 bits per heavy atom. The fourth-order valence-corrected chi connectivity index (χ4v) is 4.69. The molecule has 10 heteroatoms. The lowest BCUT2D eigenvalue weighted by Crippen LogP contribution is -2.28. The predicted molar refractivity (Wildman–Crippen MR) is 139 cm³/mol. The van der Waals surface area contributed by atoms with E-state index < -0.39 is 0 Å². The Kier molecular flexibility index (Phi) is 6.62.